The maximum absolute atomic E-state index is 3.87. The third-order valence-corrected chi connectivity index (χ3v) is 5.17. The highest BCUT2D eigenvalue weighted by Gasteiger charge is 2.45. The van der Waals surface area contributed by atoms with Gasteiger partial charge in [-0.05, 0) is 57.8 Å². The average molecular weight is 221 g/mol. The Morgan fingerprint density at radius 1 is 1.25 bits per heavy atom. The van der Waals surface area contributed by atoms with Gasteiger partial charge in [0.05, 0.1) is 0 Å². The maximum atomic E-state index is 3.87. The summed E-state index contributed by atoms with van der Waals surface area (Å²) >= 11 is 0. The first-order valence-electron chi connectivity index (χ1n) is 6.97. The molecule has 16 heavy (non-hydrogen) atoms. The highest BCUT2D eigenvalue weighted by Crippen LogP contribution is 2.49. The quantitative estimate of drug-likeness (QED) is 0.742. The molecule has 0 bridgehead atoms. The monoisotopic (exact) mass is 221 g/mol. The van der Waals surface area contributed by atoms with Crippen LogP contribution < -0.4 is 5.32 Å². The molecule has 2 aliphatic rings. The molecule has 0 saturated heterocycles. The van der Waals surface area contributed by atoms with Crippen LogP contribution in [0, 0.1) is 5.41 Å². The van der Waals surface area contributed by atoms with E-state index in [0.717, 1.165) is 0 Å². The fourth-order valence-electron chi connectivity index (χ4n) is 2.94. The zero-order valence-corrected chi connectivity index (χ0v) is 11.4. The second-order valence-corrected chi connectivity index (χ2v) is 6.45. The van der Waals surface area contributed by atoms with Crippen LogP contribution in [0.5, 0.6) is 0 Å². The van der Waals surface area contributed by atoms with Crippen LogP contribution in [0.2, 0.25) is 0 Å². The summed E-state index contributed by atoms with van der Waals surface area (Å²) in [5.74, 6) is 0. The van der Waals surface area contributed by atoms with Crippen molar-refractivity contribution in [3.05, 3.63) is 11.3 Å². The number of nitrogens with one attached hydrogen (secondary N) is 1. The fourth-order valence-corrected chi connectivity index (χ4v) is 2.94. The molecule has 0 unspecified atom stereocenters. The molecule has 2 aliphatic carbocycles. The van der Waals surface area contributed by atoms with Crippen molar-refractivity contribution in [1.82, 2.24) is 5.32 Å². The molecule has 0 aliphatic heterocycles. The second kappa shape index (κ2) is 4.09. The highest BCUT2D eigenvalue weighted by atomic mass is 15.0. The van der Waals surface area contributed by atoms with Crippen molar-refractivity contribution in [2.75, 3.05) is 0 Å². The molecule has 0 aromatic carbocycles. The first-order chi connectivity index (χ1) is 7.48. The first kappa shape index (κ1) is 12.0. The molecular formula is C15H27N. The van der Waals surface area contributed by atoms with E-state index in [4.69, 9.17) is 0 Å². The van der Waals surface area contributed by atoms with Gasteiger partial charge < -0.3 is 5.32 Å². The van der Waals surface area contributed by atoms with E-state index in [2.05, 4.69) is 33.0 Å². The lowest BCUT2D eigenvalue weighted by Crippen LogP contribution is -2.55. The minimum Gasteiger partial charge on any atom is -0.383 e. The van der Waals surface area contributed by atoms with E-state index in [1.54, 1.807) is 11.3 Å². The highest BCUT2D eigenvalue weighted by molar-refractivity contribution is 5.20. The Labute approximate surface area is 101 Å². The van der Waals surface area contributed by atoms with Gasteiger partial charge >= 0.3 is 0 Å². The molecule has 92 valence electrons. The molecule has 0 heterocycles. The summed E-state index contributed by atoms with van der Waals surface area (Å²) in [4.78, 5) is 0. The van der Waals surface area contributed by atoms with Crippen LogP contribution in [0.4, 0.5) is 0 Å². The molecule has 1 N–H and O–H groups in total. The lowest BCUT2D eigenvalue weighted by atomic mass is 9.59. The van der Waals surface area contributed by atoms with Gasteiger partial charge in [-0.3, -0.25) is 0 Å². The molecule has 0 radical (unpaired) electrons. The molecule has 2 rings (SSSR count). The van der Waals surface area contributed by atoms with Gasteiger partial charge in [0.1, 0.15) is 0 Å². The molecule has 1 heteroatoms. The van der Waals surface area contributed by atoms with Crippen LogP contribution >= 0.6 is 0 Å². The maximum Gasteiger partial charge on any atom is 0.0368 e. The molecule has 2 saturated carbocycles. The van der Waals surface area contributed by atoms with Gasteiger partial charge in [0.2, 0.25) is 0 Å². The van der Waals surface area contributed by atoms with Crippen molar-refractivity contribution in [3.8, 4) is 0 Å². The number of rotatable bonds is 4. The number of allylic oxidation sites excluding steroid dienone is 2. The Balaban J connectivity index is 2.07. The lowest BCUT2D eigenvalue weighted by molar-refractivity contribution is 0.0462. The summed E-state index contributed by atoms with van der Waals surface area (Å²) in [5, 5.41) is 3.87. The van der Waals surface area contributed by atoms with E-state index < -0.39 is 0 Å². The van der Waals surface area contributed by atoms with Crippen molar-refractivity contribution in [3.63, 3.8) is 0 Å². The summed E-state index contributed by atoms with van der Waals surface area (Å²) in [7, 11) is 0. The summed E-state index contributed by atoms with van der Waals surface area (Å²) in [5.41, 5.74) is 4.01. The third kappa shape index (κ3) is 1.89. The molecule has 0 aromatic rings. The summed E-state index contributed by atoms with van der Waals surface area (Å²) < 4.78 is 0. The van der Waals surface area contributed by atoms with Crippen molar-refractivity contribution in [2.45, 2.75) is 78.2 Å². The van der Waals surface area contributed by atoms with Gasteiger partial charge in [-0.15, -0.1) is 0 Å². The zero-order chi connectivity index (χ0) is 11.8. The van der Waals surface area contributed by atoms with E-state index in [9.17, 15) is 0 Å². The van der Waals surface area contributed by atoms with Crippen LogP contribution in [0.15, 0.2) is 11.3 Å². The molecular weight excluding hydrogens is 194 g/mol. The Bertz CT molecular complexity index is 289. The molecule has 0 amide bonds. The van der Waals surface area contributed by atoms with E-state index in [1.165, 1.54) is 44.9 Å². The smallest absolute Gasteiger partial charge is 0.0368 e. The van der Waals surface area contributed by atoms with Crippen molar-refractivity contribution < 1.29 is 0 Å². The van der Waals surface area contributed by atoms with Crippen molar-refractivity contribution in [1.29, 1.82) is 0 Å². The number of hydrogen-bond donors (Lipinski definition) is 1. The lowest BCUT2D eigenvalue weighted by Gasteiger charge is -2.52. The standard InChI is InChI=1S/C15H27N/c1-5-13(12-8-6-9-12)16-14(2,3)15(4)10-7-11-15/h16H,5-11H2,1-4H3. The zero-order valence-electron chi connectivity index (χ0n) is 11.4. The van der Waals surface area contributed by atoms with Gasteiger partial charge in [-0.25, -0.2) is 0 Å². The van der Waals surface area contributed by atoms with Gasteiger partial charge in [0.25, 0.3) is 0 Å². The molecule has 0 aromatic heterocycles. The van der Waals surface area contributed by atoms with Crippen LogP contribution in [0.25, 0.3) is 0 Å². The fraction of sp³-hybridized carbons (Fsp3) is 0.867. The van der Waals surface area contributed by atoms with Crippen molar-refractivity contribution in [2.24, 2.45) is 5.41 Å². The predicted octanol–water partition coefficient (Wildman–Crippen LogP) is 4.39. The van der Waals surface area contributed by atoms with Crippen LogP contribution in [0.1, 0.15) is 72.6 Å². The van der Waals surface area contributed by atoms with E-state index in [1.807, 2.05) is 0 Å². The van der Waals surface area contributed by atoms with Crippen molar-refractivity contribution >= 4 is 0 Å². The third-order valence-electron chi connectivity index (χ3n) is 5.17. The normalized spacial score (nSPS) is 23.4. The Kier molecular flexibility index (Phi) is 3.07. The SMILES string of the molecule is CCC(NC(C)(C)C1(C)CCC1)=C1CCC1. The summed E-state index contributed by atoms with van der Waals surface area (Å²) in [6.07, 6.45) is 9.44. The van der Waals surface area contributed by atoms with E-state index in [0.29, 0.717) is 5.41 Å². The van der Waals surface area contributed by atoms with Gasteiger partial charge in [-0.1, -0.05) is 25.8 Å². The Morgan fingerprint density at radius 3 is 2.19 bits per heavy atom. The second-order valence-electron chi connectivity index (χ2n) is 6.45. The molecule has 2 fully saturated rings. The largest absolute Gasteiger partial charge is 0.383 e. The van der Waals surface area contributed by atoms with Crippen LogP contribution in [0.3, 0.4) is 0 Å². The van der Waals surface area contributed by atoms with E-state index >= 15 is 0 Å². The van der Waals surface area contributed by atoms with Crippen LogP contribution in [-0.4, -0.2) is 5.54 Å². The first-order valence-corrected chi connectivity index (χ1v) is 6.97. The van der Waals surface area contributed by atoms with Gasteiger partial charge in [-0.2, -0.15) is 0 Å². The minimum atomic E-state index is 0.263. The average Bonchev–Trinajstić information content (AvgIpc) is 2.09. The van der Waals surface area contributed by atoms with Gasteiger partial charge in [0, 0.05) is 11.2 Å². The summed E-state index contributed by atoms with van der Waals surface area (Å²) in [6, 6.07) is 0. The Hall–Kier alpha value is -0.460. The topological polar surface area (TPSA) is 12.0 Å². The van der Waals surface area contributed by atoms with Crippen LogP contribution in [-0.2, 0) is 0 Å². The molecule has 0 atom stereocenters. The Morgan fingerprint density at radius 2 is 1.88 bits per heavy atom. The molecule has 0 spiro atoms. The summed E-state index contributed by atoms with van der Waals surface area (Å²) in [6.45, 7) is 9.51. The van der Waals surface area contributed by atoms with E-state index in [-0.39, 0.29) is 5.54 Å². The minimum absolute atomic E-state index is 0.263. The van der Waals surface area contributed by atoms with Gasteiger partial charge in [0.15, 0.2) is 0 Å². The molecule has 1 nitrogen and oxygen atoms in total. The number of hydrogen-bond acceptors (Lipinski definition) is 1. The predicted molar refractivity (Wildman–Crippen MR) is 70.3 cm³/mol.